The van der Waals surface area contributed by atoms with Gasteiger partial charge in [-0.15, -0.1) is 0 Å². The van der Waals surface area contributed by atoms with Crippen molar-refractivity contribution in [3.63, 3.8) is 0 Å². The number of fused-ring (bicyclic) bond motifs is 1. The number of amides is 1. The van der Waals surface area contributed by atoms with Crippen molar-refractivity contribution in [1.29, 1.82) is 0 Å². The molecule has 1 aromatic heterocycles. The molecule has 0 aliphatic carbocycles. The van der Waals surface area contributed by atoms with Crippen molar-refractivity contribution in [2.75, 3.05) is 11.1 Å². The molecule has 4 N–H and O–H groups in total. The van der Waals surface area contributed by atoms with Crippen molar-refractivity contribution < 1.29 is 9.18 Å². The molecular weight excluding hydrogens is 259 g/mol. The molecule has 2 aromatic carbocycles. The molecule has 0 bridgehead atoms. The summed E-state index contributed by atoms with van der Waals surface area (Å²) in [6.07, 6.45) is 1.69. The fourth-order valence-electron chi connectivity index (χ4n) is 1.89. The van der Waals surface area contributed by atoms with E-state index in [9.17, 15) is 9.18 Å². The van der Waals surface area contributed by atoms with Gasteiger partial charge < -0.3 is 11.1 Å². The number of carbonyl (C=O) groups excluding carboxylic acids is 1. The van der Waals surface area contributed by atoms with Gasteiger partial charge in [0, 0.05) is 16.6 Å². The van der Waals surface area contributed by atoms with E-state index in [1.807, 2.05) is 6.07 Å². The number of nitrogens with zero attached hydrogens (tertiary/aromatic N) is 1. The number of carbonyl (C=O) groups is 1. The second-order valence-electron chi connectivity index (χ2n) is 4.36. The van der Waals surface area contributed by atoms with Crippen molar-refractivity contribution >= 4 is 28.2 Å². The van der Waals surface area contributed by atoms with Gasteiger partial charge >= 0.3 is 0 Å². The monoisotopic (exact) mass is 270 g/mol. The summed E-state index contributed by atoms with van der Waals surface area (Å²) < 4.78 is 13.3. The van der Waals surface area contributed by atoms with Crippen LogP contribution in [0.25, 0.3) is 10.9 Å². The van der Waals surface area contributed by atoms with Gasteiger partial charge in [-0.2, -0.15) is 5.10 Å². The van der Waals surface area contributed by atoms with Crippen molar-refractivity contribution in [1.82, 2.24) is 10.2 Å². The van der Waals surface area contributed by atoms with Gasteiger partial charge in [0.2, 0.25) is 0 Å². The Balaban J connectivity index is 1.85. The third-order valence-corrected chi connectivity index (χ3v) is 2.96. The van der Waals surface area contributed by atoms with Gasteiger partial charge in [-0.1, -0.05) is 0 Å². The van der Waals surface area contributed by atoms with Crippen LogP contribution in [0.2, 0.25) is 0 Å². The number of rotatable bonds is 2. The lowest BCUT2D eigenvalue weighted by molar-refractivity contribution is 0.102. The predicted molar refractivity (Wildman–Crippen MR) is 74.9 cm³/mol. The number of nitrogen functional groups attached to an aromatic ring is 1. The Hall–Kier alpha value is -2.89. The van der Waals surface area contributed by atoms with E-state index in [4.69, 9.17) is 5.73 Å². The number of anilines is 2. The molecule has 0 saturated carbocycles. The molecule has 3 aromatic rings. The normalized spacial score (nSPS) is 10.7. The first-order valence-electron chi connectivity index (χ1n) is 5.93. The first-order chi connectivity index (χ1) is 9.63. The molecule has 1 heterocycles. The van der Waals surface area contributed by atoms with E-state index >= 15 is 0 Å². The number of nitrogens with one attached hydrogen (secondary N) is 2. The Kier molecular flexibility index (Phi) is 2.83. The molecule has 3 rings (SSSR count). The topological polar surface area (TPSA) is 83.8 Å². The minimum Gasteiger partial charge on any atom is -0.396 e. The lowest BCUT2D eigenvalue weighted by Crippen LogP contribution is -2.12. The Morgan fingerprint density at radius 3 is 2.90 bits per heavy atom. The number of H-pyrrole nitrogens is 1. The van der Waals surface area contributed by atoms with E-state index in [2.05, 4.69) is 15.5 Å². The zero-order valence-corrected chi connectivity index (χ0v) is 10.4. The Labute approximate surface area is 113 Å². The van der Waals surface area contributed by atoms with Crippen LogP contribution < -0.4 is 11.1 Å². The van der Waals surface area contributed by atoms with E-state index in [1.54, 1.807) is 18.3 Å². The summed E-state index contributed by atoms with van der Waals surface area (Å²) in [7, 11) is 0. The van der Waals surface area contributed by atoms with Crippen LogP contribution in [0, 0.1) is 5.82 Å². The van der Waals surface area contributed by atoms with Crippen LogP contribution in [0.3, 0.4) is 0 Å². The van der Waals surface area contributed by atoms with Crippen LogP contribution >= 0.6 is 0 Å². The summed E-state index contributed by atoms with van der Waals surface area (Å²) >= 11 is 0. The second kappa shape index (κ2) is 4.65. The van der Waals surface area contributed by atoms with Crippen LogP contribution in [0.5, 0.6) is 0 Å². The molecular formula is C14H11FN4O. The lowest BCUT2D eigenvalue weighted by Gasteiger charge is -2.06. The fourth-order valence-corrected chi connectivity index (χ4v) is 1.89. The van der Waals surface area contributed by atoms with Crippen molar-refractivity contribution in [2.45, 2.75) is 0 Å². The summed E-state index contributed by atoms with van der Waals surface area (Å²) in [5.41, 5.74) is 7.01. The highest BCUT2D eigenvalue weighted by atomic mass is 19.1. The van der Waals surface area contributed by atoms with E-state index in [-0.39, 0.29) is 11.3 Å². The zero-order chi connectivity index (χ0) is 14.1. The standard InChI is InChI=1S/C14H11FN4O/c15-11-5-8(2-4-12(11)16)14(20)18-10-3-1-9-7-17-19-13(9)6-10/h1-7H,16H2,(H,17,19)(H,18,20). The van der Waals surface area contributed by atoms with Gasteiger partial charge in [-0.25, -0.2) is 4.39 Å². The maximum atomic E-state index is 13.3. The number of hydrogen-bond donors (Lipinski definition) is 3. The first-order valence-corrected chi connectivity index (χ1v) is 5.93. The highest BCUT2D eigenvalue weighted by Crippen LogP contribution is 2.18. The quantitative estimate of drug-likeness (QED) is 0.626. The van der Waals surface area contributed by atoms with E-state index in [1.165, 1.54) is 12.1 Å². The highest BCUT2D eigenvalue weighted by Gasteiger charge is 2.09. The second-order valence-corrected chi connectivity index (χ2v) is 4.36. The van der Waals surface area contributed by atoms with Gasteiger partial charge in [0.25, 0.3) is 5.91 Å². The molecule has 0 unspecified atom stereocenters. The molecule has 0 saturated heterocycles. The number of nitrogens with two attached hydrogens (primary N) is 1. The van der Waals surface area contributed by atoms with Crippen molar-refractivity contribution in [2.24, 2.45) is 0 Å². The Morgan fingerprint density at radius 1 is 1.25 bits per heavy atom. The summed E-state index contributed by atoms with van der Waals surface area (Å²) in [5.74, 6) is -1.01. The number of aromatic nitrogens is 2. The summed E-state index contributed by atoms with van der Waals surface area (Å²) in [6.45, 7) is 0. The molecule has 0 fully saturated rings. The average Bonchev–Trinajstić information content (AvgIpc) is 2.89. The molecule has 100 valence electrons. The number of halogens is 1. The molecule has 0 atom stereocenters. The molecule has 20 heavy (non-hydrogen) atoms. The average molecular weight is 270 g/mol. The maximum absolute atomic E-state index is 13.3. The molecule has 5 nitrogen and oxygen atoms in total. The van der Waals surface area contributed by atoms with Crippen LogP contribution in [0.4, 0.5) is 15.8 Å². The molecule has 0 spiro atoms. The number of benzene rings is 2. The van der Waals surface area contributed by atoms with E-state index in [0.717, 1.165) is 17.0 Å². The minimum absolute atomic E-state index is 0.0143. The number of aromatic amines is 1. The molecule has 0 radical (unpaired) electrons. The van der Waals surface area contributed by atoms with Gasteiger partial charge in [0.1, 0.15) is 5.82 Å². The van der Waals surface area contributed by atoms with Crippen LogP contribution in [-0.2, 0) is 0 Å². The fraction of sp³-hybridized carbons (Fsp3) is 0. The number of hydrogen-bond acceptors (Lipinski definition) is 3. The van der Waals surface area contributed by atoms with E-state index < -0.39 is 11.7 Å². The van der Waals surface area contributed by atoms with Crippen molar-refractivity contribution in [3.8, 4) is 0 Å². The summed E-state index contributed by atoms with van der Waals surface area (Å²) in [4.78, 5) is 12.0. The minimum atomic E-state index is -0.610. The van der Waals surface area contributed by atoms with Gasteiger partial charge in [-0.05, 0) is 36.4 Å². The van der Waals surface area contributed by atoms with Gasteiger partial charge in [0.05, 0.1) is 17.4 Å². The van der Waals surface area contributed by atoms with Crippen LogP contribution in [0.1, 0.15) is 10.4 Å². The third kappa shape index (κ3) is 2.18. The molecule has 0 aliphatic heterocycles. The van der Waals surface area contributed by atoms with E-state index in [0.29, 0.717) is 5.69 Å². The highest BCUT2D eigenvalue weighted by molar-refractivity contribution is 6.05. The summed E-state index contributed by atoms with van der Waals surface area (Å²) in [6, 6.07) is 9.29. The van der Waals surface area contributed by atoms with Crippen molar-refractivity contribution in [3.05, 3.63) is 54.0 Å². The SMILES string of the molecule is Nc1ccc(C(=O)Nc2ccc3cn[nH]c3c2)cc1F. The van der Waals surface area contributed by atoms with Gasteiger partial charge in [0.15, 0.2) is 0 Å². The van der Waals surface area contributed by atoms with Crippen LogP contribution in [-0.4, -0.2) is 16.1 Å². The molecule has 6 heteroatoms. The maximum Gasteiger partial charge on any atom is 0.255 e. The lowest BCUT2D eigenvalue weighted by atomic mass is 10.1. The van der Waals surface area contributed by atoms with Gasteiger partial charge in [-0.3, -0.25) is 9.89 Å². The predicted octanol–water partition coefficient (Wildman–Crippen LogP) is 2.54. The largest absolute Gasteiger partial charge is 0.396 e. The Morgan fingerprint density at radius 2 is 2.10 bits per heavy atom. The third-order valence-electron chi connectivity index (χ3n) is 2.96. The molecule has 0 aliphatic rings. The smallest absolute Gasteiger partial charge is 0.255 e. The Bertz CT molecular complexity index is 797. The zero-order valence-electron chi connectivity index (χ0n) is 10.4. The first kappa shape index (κ1) is 12.2. The summed E-state index contributed by atoms with van der Waals surface area (Å²) in [5, 5.41) is 10.4. The van der Waals surface area contributed by atoms with Crippen LogP contribution in [0.15, 0.2) is 42.6 Å². The molecule has 1 amide bonds.